The van der Waals surface area contributed by atoms with Gasteiger partial charge in [-0.15, -0.1) is 0 Å². The van der Waals surface area contributed by atoms with Crippen LogP contribution in [0.4, 0.5) is 0 Å². The molecule has 0 aliphatic carbocycles. The van der Waals surface area contributed by atoms with Gasteiger partial charge < -0.3 is 10.3 Å². The summed E-state index contributed by atoms with van der Waals surface area (Å²) in [6.07, 6.45) is 0. The topological polar surface area (TPSA) is 27.8 Å². The number of rotatable bonds is 3. The maximum absolute atomic E-state index is 3.42. The second-order valence-corrected chi connectivity index (χ2v) is 4.41. The molecule has 2 rings (SSSR count). The number of nitrogens with one attached hydrogen (secondary N) is 2. The van der Waals surface area contributed by atoms with Gasteiger partial charge in [0.2, 0.25) is 0 Å². The number of hydrogen-bond acceptors (Lipinski definition) is 1. The molecule has 80 valence electrons. The van der Waals surface area contributed by atoms with Crippen LogP contribution in [0.2, 0.25) is 0 Å². The highest BCUT2D eigenvalue weighted by Crippen LogP contribution is 2.16. The van der Waals surface area contributed by atoms with Gasteiger partial charge in [0, 0.05) is 23.8 Å². The van der Waals surface area contributed by atoms with E-state index in [1.54, 1.807) is 0 Å². The molecule has 0 fully saturated rings. The first-order chi connectivity index (χ1) is 7.15. The summed E-state index contributed by atoms with van der Waals surface area (Å²) < 4.78 is 0. The van der Waals surface area contributed by atoms with Crippen LogP contribution in [0.15, 0.2) is 24.3 Å². The molecule has 0 amide bonds. The quantitative estimate of drug-likeness (QED) is 0.786. The van der Waals surface area contributed by atoms with Crippen molar-refractivity contribution in [1.29, 1.82) is 0 Å². The van der Waals surface area contributed by atoms with Gasteiger partial charge in [0.05, 0.1) is 0 Å². The predicted molar refractivity (Wildman–Crippen MR) is 65.0 cm³/mol. The Bertz CT molecular complexity index is 455. The van der Waals surface area contributed by atoms with Crippen molar-refractivity contribution >= 4 is 10.9 Å². The average Bonchev–Trinajstić information content (AvgIpc) is 2.53. The van der Waals surface area contributed by atoms with Crippen LogP contribution in [-0.4, -0.2) is 11.0 Å². The van der Waals surface area contributed by atoms with Crippen molar-refractivity contribution in [2.75, 3.05) is 0 Å². The summed E-state index contributed by atoms with van der Waals surface area (Å²) in [6.45, 7) is 7.36. The van der Waals surface area contributed by atoms with Gasteiger partial charge in [-0.2, -0.15) is 0 Å². The van der Waals surface area contributed by atoms with Crippen LogP contribution in [-0.2, 0) is 6.54 Å². The normalized spacial score (nSPS) is 11.5. The Morgan fingerprint density at radius 1 is 1.27 bits per heavy atom. The maximum Gasteiger partial charge on any atom is 0.0456 e. The fraction of sp³-hybridized carbons (Fsp3) is 0.385. The lowest BCUT2D eigenvalue weighted by atomic mass is 10.1. The molecule has 0 atom stereocenters. The van der Waals surface area contributed by atoms with Crippen molar-refractivity contribution in [2.45, 2.75) is 33.4 Å². The molecule has 2 nitrogen and oxygen atoms in total. The van der Waals surface area contributed by atoms with Gasteiger partial charge in [-0.1, -0.05) is 19.9 Å². The number of benzene rings is 1. The third-order valence-corrected chi connectivity index (χ3v) is 2.53. The Balaban J connectivity index is 2.22. The van der Waals surface area contributed by atoms with E-state index in [0.29, 0.717) is 6.04 Å². The van der Waals surface area contributed by atoms with Gasteiger partial charge in [0.25, 0.3) is 0 Å². The van der Waals surface area contributed by atoms with E-state index in [9.17, 15) is 0 Å². The van der Waals surface area contributed by atoms with E-state index < -0.39 is 0 Å². The van der Waals surface area contributed by atoms with Crippen LogP contribution >= 0.6 is 0 Å². The minimum absolute atomic E-state index is 0.536. The zero-order valence-electron chi connectivity index (χ0n) is 9.59. The minimum Gasteiger partial charge on any atom is -0.359 e. The summed E-state index contributed by atoms with van der Waals surface area (Å²) in [5, 5.41) is 4.72. The van der Waals surface area contributed by atoms with Crippen LogP contribution in [0, 0.1) is 6.92 Å². The smallest absolute Gasteiger partial charge is 0.0456 e. The molecule has 0 bridgehead atoms. The molecular formula is C13H18N2. The fourth-order valence-corrected chi connectivity index (χ4v) is 1.76. The molecule has 0 spiro atoms. The van der Waals surface area contributed by atoms with Gasteiger partial charge in [0.1, 0.15) is 0 Å². The second-order valence-electron chi connectivity index (χ2n) is 4.41. The third kappa shape index (κ3) is 2.39. The Labute approximate surface area is 90.7 Å². The molecule has 0 saturated heterocycles. The SMILES string of the molecule is Cc1cc2cc(CNC(C)C)ccc2[nH]1. The first-order valence-corrected chi connectivity index (χ1v) is 5.47. The molecule has 1 heterocycles. The van der Waals surface area contributed by atoms with Gasteiger partial charge in [-0.05, 0) is 36.1 Å². The number of aryl methyl sites for hydroxylation is 1. The summed E-state index contributed by atoms with van der Waals surface area (Å²) in [5.41, 5.74) is 3.79. The lowest BCUT2D eigenvalue weighted by molar-refractivity contribution is 0.589. The number of fused-ring (bicyclic) bond motifs is 1. The van der Waals surface area contributed by atoms with Crippen LogP contribution in [0.1, 0.15) is 25.1 Å². The molecular weight excluding hydrogens is 184 g/mol. The highest BCUT2D eigenvalue weighted by molar-refractivity contribution is 5.81. The number of aromatic nitrogens is 1. The summed E-state index contributed by atoms with van der Waals surface area (Å²) in [4.78, 5) is 3.33. The Kier molecular flexibility index (Phi) is 2.78. The highest BCUT2D eigenvalue weighted by Gasteiger charge is 1.99. The lowest BCUT2D eigenvalue weighted by Gasteiger charge is -2.07. The highest BCUT2D eigenvalue weighted by atomic mass is 14.9. The van der Waals surface area contributed by atoms with Gasteiger partial charge >= 0.3 is 0 Å². The van der Waals surface area contributed by atoms with E-state index >= 15 is 0 Å². The zero-order valence-corrected chi connectivity index (χ0v) is 9.59. The van der Waals surface area contributed by atoms with Crippen molar-refractivity contribution in [3.8, 4) is 0 Å². The summed E-state index contributed by atoms with van der Waals surface area (Å²) in [7, 11) is 0. The van der Waals surface area contributed by atoms with E-state index in [1.165, 1.54) is 22.2 Å². The van der Waals surface area contributed by atoms with E-state index in [2.05, 4.69) is 55.3 Å². The Morgan fingerprint density at radius 2 is 2.07 bits per heavy atom. The zero-order chi connectivity index (χ0) is 10.8. The van der Waals surface area contributed by atoms with Crippen LogP contribution in [0.5, 0.6) is 0 Å². The standard InChI is InChI=1S/C13H18N2/c1-9(2)14-8-11-4-5-13-12(7-11)6-10(3)15-13/h4-7,9,14-15H,8H2,1-3H3. The monoisotopic (exact) mass is 202 g/mol. The molecule has 0 aliphatic heterocycles. The van der Waals surface area contributed by atoms with Crippen LogP contribution < -0.4 is 5.32 Å². The molecule has 2 N–H and O–H groups in total. The van der Waals surface area contributed by atoms with Gasteiger partial charge in [0.15, 0.2) is 0 Å². The minimum atomic E-state index is 0.536. The molecule has 2 aromatic rings. The van der Waals surface area contributed by atoms with Gasteiger partial charge in [-0.25, -0.2) is 0 Å². The van der Waals surface area contributed by atoms with Crippen LogP contribution in [0.25, 0.3) is 10.9 Å². The van der Waals surface area contributed by atoms with Gasteiger partial charge in [-0.3, -0.25) is 0 Å². The summed E-state index contributed by atoms with van der Waals surface area (Å²) in [5.74, 6) is 0. The molecule has 1 aromatic heterocycles. The first kappa shape index (κ1) is 10.2. The van der Waals surface area contributed by atoms with E-state index in [0.717, 1.165) is 6.54 Å². The second kappa shape index (κ2) is 4.07. The molecule has 1 aromatic carbocycles. The number of hydrogen-bond donors (Lipinski definition) is 2. The van der Waals surface area contributed by atoms with Crippen LogP contribution in [0.3, 0.4) is 0 Å². The molecule has 0 saturated carbocycles. The van der Waals surface area contributed by atoms with E-state index in [4.69, 9.17) is 0 Å². The molecule has 0 radical (unpaired) electrons. The first-order valence-electron chi connectivity index (χ1n) is 5.47. The maximum atomic E-state index is 3.42. The molecule has 0 unspecified atom stereocenters. The number of H-pyrrole nitrogens is 1. The van der Waals surface area contributed by atoms with Crippen molar-refractivity contribution in [3.05, 3.63) is 35.5 Å². The summed E-state index contributed by atoms with van der Waals surface area (Å²) >= 11 is 0. The predicted octanol–water partition coefficient (Wildman–Crippen LogP) is 2.97. The molecule has 2 heteroatoms. The van der Waals surface area contributed by atoms with Crippen molar-refractivity contribution in [1.82, 2.24) is 10.3 Å². The molecule has 0 aliphatic rings. The third-order valence-electron chi connectivity index (χ3n) is 2.53. The average molecular weight is 202 g/mol. The van der Waals surface area contributed by atoms with Crippen molar-refractivity contribution < 1.29 is 0 Å². The largest absolute Gasteiger partial charge is 0.359 e. The Morgan fingerprint density at radius 3 is 2.80 bits per heavy atom. The lowest BCUT2D eigenvalue weighted by Crippen LogP contribution is -2.21. The van der Waals surface area contributed by atoms with Crippen molar-refractivity contribution in [2.24, 2.45) is 0 Å². The fourth-order valence-electron chi connectivity index (χ4n) is 1.76. The summed E-state index contributed by atoms with van der Waals surface area (Å²) in [6, 6.07) is 9.30. The number of aromatic amines is 1. The molecule has 15 heavy (non-hydrogen) atoms. The van der Waals surface area contributed by atoms with Crippen molar-refractivity contribution in [3.63, 3.8) is 0 Å². The van der Waals surface area contributed by atoms with E-state index in [-0.39, 0.29) is 0 Å². The van der Waals surface area contributed by atoms with E-state index in [1.807, 2.05) is 0 Å². The Hall–Kier alpha value is -1.28.